The highest BCUT2D eigenvalue weighted by molar-refractivity contribution is 5.33. The number of nitrogens with zero attached hydrogens (tertiary/aromatic N) is 2. The molecule has 0 spiro atoms. The van der Waals surface area contributed by atoms with Gasteiger partial charge in [0.05, 0.1) is 6.54 Å². The van der Waals surface area contributed by atoms with Crippen LogP contribution in [-0.2, 0) is 16.0 Å². The zero-order valence-corrected chi connectivity index (χ0v) is 9.22. The van der Waals surface area contributed by atoms with E-state index in [1.54, 1.807) is 6.92 Å². The predicted molar refractivity (Wildman–Crippen MR) is 61.8 cm³/mol. The minimum absolute atomic E-state index is 0.535. The van der Waals surface area contributed by atoms with E-state index in [0.717, 1.165) is 6.42 Å². The molecule has 4 heteroatoms. The van der Waals surface area contributed by atoms with E-state index in [4.69, 9.17) is 4.79 Å². The molecule has 0 unspecified atom stereocenters. The van der Waals surface area contributed by atoms with Gasteiger partial charge in [-0.1, -0.05) is 30.3 Å². The average molecular weight is 218 g/mol. The van der Waals surface area contributed by atoms with Crippen LogP contribution in [0, 0.1) is 0 Å². The van der Waals surface area contributed by atoms with Crippen LogP contribution in [0.2, 0.25) is 0 Å². The monoisotopic (exact) mass is 218 g/mol. The molecule has 0 radical (unpaired) electrons. The van der Waals surface area contributed by atoms with Crippen LogP contribution < -0.4 is 0 Å². The van der Waals surface area contributed by atoms with Gasteiger partial charge in [0.2, 0.25) is 12.2 Å². The van der Waals surface area contributed by atoms with Crippen molar-refractivity contribution in [2.45, 2.75) is 13.3 Å². The van der Waals surface area contributed by atoms with Crippen molar-refractivity contribution in [3.8, 4) is 0 Å². The van der Waals surface area contributed by atoms with Gasteiger partial charge in [-0.2, -0.15) is 0 Å². The lowest BCUT2D eigenvalue weighted by atomic mass is 10.2. The summed E-state index contributed by atoms with van der Waals surface area (Å²) in [4.78, 5) is 25.4. The molecule has 1 aromatic carbocycles. The molecule has 16 heavy (non-hydrogen) atoms. The van der Waals surface area contributed by atoms with Gasteiger partial charge in [-0.15, -0.1) is 0 Å². The molecular weight excluding hydrogens is 204 g/mol. The fraction of sp³-hybridized carbons (Fsp3) is 0.333. The second-order valence-electron chi connectivity index (χ2n) is 2.77. The van der Waals surface area contributed by atoms with Gasteiger partial charge in [0, 0.05) is 6.54 Å². The molecule has 0 aromatic heterocycles. The molecule has 0 aliphatic heterocycles. The maximum absolute atomic E-state index is 9.70. The second-order valence-corrected chi connectivity index (χ2v) is 2.77. The quantitative estimate of drug-likeness (QED) is 0.572. The third kappa shape index (κ3) is 8.57. The number of hydrogen-bond donors (Lipinski definition) is 0. The van der Waals surface area contributed by atoms with Crippen LogP contribution in [-0.4, -0.2) is 25.2 Å². The molecule has 0 amide bonds. The standard InChI is InChI=1S/C9H9NO.C3H5NO/c11-8-10-7-6-9-4-2-1-3-5-9;1-2-4-3-5/h1-5H,6-7H2;2H2,1H3. The zero-order valence-electron chi connectivity index (χ0n) is 9.22. The Balaban J connectivity index is 0.000000385. The highest BCUT2D eigenvalue weighted by Crippen LogP contribution is 1.98. The predicted octanol–water partition coefficient (Wildman–Crippen LogP) is 1.91. The topological polar surface area (TPSA) is 58.9 Å². The molecule has 4 nitrogen and oxygen atoms in total. The smallest absolute Gasteiger partial charge is 0.211 e. The summed E-state index contributed by atoms with van der Waals surface area (Å²) in [6.07, 6.45) is 3.72. The number of aliphatic imine (C=N–C) groups is 2. The summed E-state index contributed by atoms with van der Waals surface area (Å²) >= 11 is 0. The van der Waals surface area contributed by atoms with Gasteiger partial charge in [-0.25, -0.2) is 19.6 Å². The first-order chi connectivity index (χ1) is 7.85. The Hall–Kier alpha value is -2.02. The van der Waals surface area contributed by atoms with Crippen molar-refractivity contribution in [2.75, 3.05) is 13.1 Å². The van der Waals surface area contributed by atoms with Crippen molar-refractivity contribution in [2.24, 2.45) is 9.98 Å². The van der Waals surface area contributed by atoms with E-state index in [9.17, 15) is 4.79 Å². The first kappa shape index (κ1) is 14.0. The van der Waals surface area contributed by atoms with Crippen molar-refractivity contribution in [3.05, 3.63) is 35.9 Å². The van der Waals surface area contributed by atoms with Crippen molar-refractivity contribution in [1.29, 1.82) is 0 Å². The SMILES string of the molecule is CCN=C=O.O=C=NCCc1ccccc1. The van der Waals surface area contributed by atoms with Crippen molar-refractivity contribution in [1.82, 2.24) is 0 Å². The van der Waals surface area contributed by atoms with E-state index in [-0.39, 0.29) is 0 Å². The summed E-state index contributed by atoms with van der Waals surface area (Å²) < 4.78 is 0. The van der Waals surface area contributed by atoms with Gasteiger partial charge in [-0.05, 0) is 18.9 Å². The fourth-order valence-corrected chi connectivity index (χ4v) is 0.940. The van der Waals surface area contributed by atoms with Crippen LogP contribution in [0.25, 0.3) is 0 Å². The summed E-state index contributed by atoms with van der Waals surface area (Å²) in [5.41, 5.74) is 1.20. The minimum Gasteiger partial charge on any atom is -0.211 e. The third-order valence-corrected chi connectivity index (χ3v) is 1.64. The van der Waals surface area contributed by atoms with E-state index < -0.39 is 0 Å². The summed E-state index contributed by atoms with van der Waals surface area (Å²) in [5, 5.41) is 0. The Morgan fingerprint density at radius 3 is 2.12 bits per heavy atom. The van der Waals surface area contributed by atoms with Crippen LogP contribution in [0.5, 0.6) is 0 Å². The summed E-state index contributed by atoms with van der Waals surface area (Å²) in [6, 6.07) is 9.94. The Kier molecular flexibility index (Phi) is 9.66. The van der Waals surface area contributed by atoms with Crippen LogP contribution in [0.4, 0.5) is 0 Å². The molecule has 0 fully saturated rings. The normalized spacial score (nSPS) is 7.81. The Bertz CT molecular complexity index is 364. The number of isocyanates is 2. The van der Waals surface area contributed by atoms with E-state index in [1.807, 2.05) is 30.3 Å². The maximum atomic E-state index is 9.70. The van der Waals surface area contributed by atoms with Gasteiger partial charge in [0.1, 0.15) is 0 Å². The molecule has 1 rings (SSSR count). The number of rotatable bonds is 4. The van der Waals surface area contributed by atoms with Gasteiger partial charge >= 0.3 is 0 Å². The lowest BCUT2D eigenvalue weighted by Crippen LogP contribution is -1.87. The van der Waals surface area contributed by atoms with Crippen LogP contribution in [0.3, 0.4) is 0 Å². The zero-order chi connectivity index (χ0) is 12.1. The number of hydrogen-bond acceptors (Lipinski definition) is 4. The van der Waals surface area contributed by atoms with Crippen LogP contribution in [0.15, 0.2) is 40.3 Å². The summed E-state index contributed by atoms with van der Waals surface area (Å²) in [6.45, 7) is 2.86. The molecule has 0 bridgehead atoms. The van der Waals surface area contributed by atoms with E-state index in [2.05, 4.69) is 9.98 Å². The lowest BCUT2D eigenvalue weighted by molar-refractivity contribution is 0.562. The van der Waals surface area contributed by atoms with E-state index in [0.29, 0.717) is 13.1 Å². The van der Waals surface area contributed by atoms with E-state index in [1.165, 1.54) is 17.7 Å². The average Bonchev–Trinajstić information content (AvgIpc) is 2.33. The number of benzene rings is 1. The molecule has 0 heterocycles. The van der Waals surface area contributed by atoms with Gasteiger partial charge in [-0.3, -0.25) is 0 Å². The Morgan fingerprint density at radius 1 is 1.06 bits per heavy atom. The minimum atomic E-state index is 0.535. The van der Waals surface area contributed by atoms with Crippen molar-refractivity contribution in [3.63, 3.8) is 0 Å². The first-order valence-electron chi connectivity index (χ1n) is 4.96. The largest absolute Gasteiger partial charge is 0.234 e. The van der Waals surface area contributed by atoms with Crippen molar-refractivity contribution < 1.29 is 9.59 Å². The molecular formula is C12H14N2O2. The second kappa shape index (κ2) is 11.1. The number of carbonyl (C=O) groups excluding carboxylic acids is 2. The third-order valence-electron chi connectivity index (χ3n) is 1.64. The molecule has 0 aliphatic carbocycles. The Morgan fingerprint density at radius 2 is 1.69 bits per heavy atom. The molecule has 0 aliphatic rings. The molecule has 0 saturated carbocycles. The van der Waals surface area contributed by atoms with Crippen LogP contribution >= 0.6 is 0 Å². The van der Waals surface area contributed by atoms with Gasteiger partial charge < -0.3 is 0 Å². The molecule has 1 aromatic rings. The van der Waals surface area contributed by atoms with Crippen molar-refractivity contribution >= 4 is 12.2 Å². The maximum Gasteiger partial charge on any atom is 0.234 e. The highest BCUT2D eigenvalue weighted by atomic mass is 16.1. The van der Waals surface area contributed by atoms with Gasteiger partial charge in [0.15, 0.2) is 0 Å². The first-order valence-corrected chi connectivity index (χ1v) is 4.96. The van der Waals surface area contributed by atoms with E-state index >= 15 is 0 Å². The lowest BCUT2D eigenvalue weighted by Gasteiger charge is -1.93. The molecule has 0 atom stereocenters. The summed E-state index contributed by atoms with van der Waals surface area (Å²) in [5.74, 6) is 0. The highest BCUT2D eigenvalue weighted by Gasteiger charge is 1.87. The molecule has 0 N–H and O–H groups in total. The summed E-state index contributed by atoms with van der Waals surface area (Å²) in [7, 11) is 0. The molecule has 0 saturated heterocycles. The fourth-order valence-electron chi connectivity index (χ4n) is 0.940. The van der Waals surface area contributed by atoms with Crippen LogP contribution in [0.1, 0.15) is 12.5 Å². The molecule has 84 valence electrons. The van der Waals surface area contributed by atoms with Gasteiger partial charge in [0.25, 0.3) is 0 Å². The Labute approximate surface area is 94.7 Å².